The van der Waals surface area contributed by atoms with Crippen LogP contribution in [0, 0.1) is 0 Å². The lowest BCUT2D eigenvalue weighted by Crippen LogP contribution is -2.18. The van der Waals surface area contributed by atoms with Crippen LogP contribution in [0.15, 0.2) is 11.4 Å². The van der Waals surface area contributed by atoms with Gasteiger partial charge in [0, 0.05) is 0 Å². The number of hydrogen-bond donors (Lipinski definition) is 1. The number of rotatable bonds is 4. The van der Waals surface area contributed by atoms with Crippen LogP contribution in [0.4, 0.5) is 0 Å². The Morgan fingerprint density at radius 1 is 1.67 bits per heavy atom. The van der Waals surface area contributed by atoms with Crippen LogP contribution in [0.5, 0.6) is 0 Å². The fraction of sp³-hybridized carbons (Fsp3) is 0.444. The molecule has 0 atom stereocenters. The zero-order valence-electron chi connectivity index (χ0n) is 7.39. The summed E-state index contributed by atoms with van der Waals surface area (Å²) in [4.78, 5) is 12.3. The van der Waals surface area contributed by atoms with Crippen LogP contribution < -0.4 is 5.32 Å². The zero-order chi connectivity index (χ0) is 8.97. The molecule has 1 rings (SSSR count). The van der Waals surface area contributed by atoms with E-state index in [1.54, 1.807) is 7.05 Å². The van der Waals surface area contributed by atoms with Gasteiger partial charge in [-0.1, -0.05) is 6.92 Å². The molecule has 1 heterocycles. The fourth-order valence-corrected chi connectivity index (χ4v) is 2.04. The molecule has 0 amide bonds. The van der Waals surface area contributed by atoms with E-state index in [0.29, 0.717) is 6.54 Å². The molecule has 0 aliphatic heterocycles. The Hall–Kier alpha value is -0.670. The van der Waals surface area contributed by atoms with Gasteiger partial charge in [-0.2, -0.15) is 0 Å². The van der Waals surface area contributed by atoms with E-state index in [9.17, 15) is 4.79 Å². The Labute approximate surface area is 76.6 Å². The van der Waals surface area contributed by atoms with E-state index in [-0.39, 0.29) is 5.78 Å². The van der Waals surface area contributed by atoms with Crippen LogP contribution in [0.2, 0.25) is 0 Å². The first-order chi connectivity index (χ1) is 5.79. The summed E-state index contributed by atoms with van der Waals surface area (Å²) < 4.78 is 0. The third-order valence-corrected chi connectivity index (χ3v) is 2.72. The van der Waals surface area contributed by atoms with Gasteiger partial charge in [0.2, 0.25) is 0 Å². The van der Waals surface area contributed by atoms with E-state index in [4.69, 9.17) is 0 Å². The van der Waals surface area contributed by atoms with E-state index in [1.807, 2.05) is 11.4 Å². The Balaban J connectivity index is 2.79. The summed E-state index contributed by atoms with van der Waals surface area (Å²) >= 11 is 1.53. The quantitative estimate of drug-likeness (QED) is 0.720. The van der Waals surface area contributed by atoms with Crippen molar-refractivity contribution in [3.05, 3.63) is 21.9 Å². The number of nitrogens with one attached hydrogen (secondary N) is 1. The van der Waals surface area contributed by atoms with Gasteiger partial charge < -0.3 is 5.32 Å². The summed E-state index contributed by atoms with van der Waals surface area (Å²) in [6, 6.07) is 2.02. The molecule has 2 nitrogen and oxygen atoms in total. The molecule has 0 radical (unpaired) electrons. The molecule has 12 heavy (non-hydrogen) atoms. The molecular weight excluding hydrogens is 170 g/mol. The molecule has 0 saturated heterocycles. The van der Waals surface area contributed by atoms with Gasteiger partial charge >= 0.3 is 0 Å². The van der Waals surface area contributed by atoms with Gasteiger partial charge in [0.25, 0.3) is 0 Å². The minimum absolute atomic E-state index is 0.198. The maximum absolute atomic E-state index is 11.4. The molecule has 0 bridgehead atoms. The van der Waals surface area contributed by atoms with Crippen molar-refractivity contribution in [2.24, 2.45) is 0 Å². The standard InChI is InChI=1S/C9H13NOS/c1-3-7-4-5-12-9(7)8(11)6-10-2/h4-5,10H,3,6H2,1-2H3. The van der Waals surface area contributed by atoms with Gasteiger partial charge in [0.15, 0.2) is 5.78 Å². The van der Waals surface area contributed by atoms with E-state index in [1.165, 1.54) is 16.9 Å². The average Bonchev–Trinajstić information content (AvgIpc) is 2.51. The third-order valence-electron chi connectivity index (χ3n) is 1.72. The first-order valence-corrected chi connectivity index (χ1v) is 4.91. The highest BCUT2D eigenvalue weighted by atomic mass is 32.1. The minimum Gasteiger partial charge on any atom is -0.313 e. The second-order valence-corrected chi connectivity index (χ2v) is 3.50. The monoisotopic (exact) mass is 183 g/mol. The van der Waals surface area contributed by atoms with Crippen LogP contribution in [0.1, 0.15) is 22.2 Å². The lowest BCUT2D eigenvalue weighted by molar-refractivity contribution is 0.0996. The third kappa shape index (κ3) is 1.93. The number of carbonyl (C=O) groups is 1. The van der Waals surface area contributed by atoms with Gasteiger partial charge in [-0.15, -0.1) is 11.3 Å². The summed E-state index contributed by atoms with van der Waals surface area (Å²) in [5.74, 6) is 0.198. The van der Waals surface area contributed by atoms with Gasteiger partial charge in [0.05, 0.1) is 11.4 Å². The first-order valence-electron chi connectivity index (χ1n) is 4.03. The van der Waals surface area contributed by atoms with E-state index < -0.39 is 0 Å². The van der Waals surface area contributed by atoms with Crippen molar-refractivity contribution in [1.82, 2.24) is 5.32 Å². The lowest BCUT2D eigenvalue weighted by atomic mass is 10.1. The summed E-state index contributed by atoms with van der Waals surface area (Å²) in [5, 5.41) is 4.84. The topological polar surface area (TPSA) is 29.1 Å². The van der Waals surface area contributed by atoms with Crippen molar-refractivity contribution in [3.8, 4) is 0 Å². The Morgan fingerprint density at radius 2 is 2.42 bits per heavy atom. The molecule has 0 aliphatic rings. The fourth-order valence-electron chi connectivity index (χ4n) is 1.10. The van der Waals surface area contributed by atoms with Gasteiger partial charge in [-0.25, -0.2) is 0 Å². The molecule has 0 spiro atoms. The Bertz CT molecular complexity index is 267. The predicted octanol–water partition coefficient (Wildman–Crippen LogP) is 1.71. The first kappa shape index (κ1) is 9.42. The maximum atomic E-state index is 11.4. The van der Waals surface area contributed by atoms with Crippen LogP contribution in [-0.2, 0) is 6.42 Å². The SMILES string of the molecule is CCc1ccsc1C(=O)CNC. The molecule has 0 unspecified atom stereocenters. The summed E-state index contributed by atoms with van der Waals surface area (Å²) in [7, 11) is 1.79. The Kier molecular flexibility index (Phi) is 3.44. The van der Waals surface area contributed by atoms with Gasteiger partial charge in [0.1, 0.15) is 0 Å². The number of thiophene rings is 1. The summed E-state index contributed by atoms with van der Waals surface area (Å²) in [6.45, 7) is 2.51. The molecule has 0 aliphatic carbocycles. The van der Waals surface area contributed by atoms with E-state index in [2.05, 4.69) is 12.2 Å². The molecule has 66 valence electrons. The number of Topliss-reactive ketones (excluding diaryl/α,β-unsaturated/α-hetero) is 1. The van der Waals surface area contributed by atoms with Gasteiger partial charge in [-0.05, 0) is 30.5 Å². The van der Waals surface area contributed by atoms with E-state index >= 15 is 0 Å². The van der Waals surface area contributed by atoms with Crippen molar-refractivity contribution in [1.29, 1.82) is 0 Å². The predicted molar refractivity (Wildman–Crippen MR) is 52.0 cm³/mol. The molecular formula is C9H13NOS. The van der Waals surface area contributed by atoms with Crippen LogP contribution in [0.3, 0.4) is 0 Å². The highest BCUT2D eigenvalue weighted by Crippen LogP contribution is 2.17. The van der Waals surface area contributed by atoms with Gasteiger partial charge in [-0.3, -0.25) is 4.79 Å². The van der Waals surface area contributed by atoms with Crippen molar-refractivity contribution in [2.45, 2.75) is 13.3 Å². The maximum Gasteiger partial charge on any atom is 0.186 e. The molecule has 0 saturated carbocycles. The molecule has 0 aromatic carbocycles. The molecule has 1 aromatic heterocycles. The normalized spacial score (nSPS) is 10.2. The molecule has 1 N–H and O–H groups in total. The number of likely N-dealkylation sites (N-methyl/N-ethyl adjacent to an activating group) is 1. The largest absolute Gasteiger partial charge is 0.313 e. The van der Waals surface area contributed by atoms with Crippen LogP contribution >= 0.6 is 11.3 Å². The Morgan fingerprint density at radius 3 is 3.00 bits per heavy atom. The zero-order valence-corrected chi connectivity index (χ0v) is 8.20. The second-order valence-electron chi connectivity index (χ2n) is 2.58. The van der Waals surface area contributed by atoms with Crippen molar-refractivity contribution >= 4 is 17.1 Å². The average molecular weight is 183 g/mol. The molecule has 3 heteroatoms. The van der Waals surface area contributed by atoms with Crippen molar-refractivity contribution in [2.75, 3.05) is 13.6 Å². The highest BCUT2D eigenvalue weighted by Gasteiger charge is 2.09. The smallest absolute Gasteiger partial charge is 0.186 e. The number of hydrogen-bond acceptors (Lipinski definition) is 3. The highest BCUT2D eigenvalue weighted by molar-refractivity contribution is 7.12. The number of ketones is 1. The molecule has 0 fully saturated rings. The van der Waals surface area contributed by atoms with Crippen LogP contribution in [0.25, 0.3) is 0 Å². The number of carbonyl (C=O) groups excluding carboxylic acids is 1. The number of aryl methyl sites for hydroxylation is 1. The van der Waals surface area contributed by atoms with Crippen LogP contribution in [-0.4, -0.2) is 19.4 Å². The second kappa shape index (κ2) is 4.38. The minimum atomic E-state index is 0.198. The van der Waals surface area contributed by atoms with Crippen molar-refractivity contribution in [3.63, 3.8) is 0 Å². The summed E-state index contributed by atoms with van der Waals surface area (Å²) in [5.41, 5.74) is 1.17. The van der Waals surface area contributed by atoms with E-state index in [0.717, 1.165) is 11.3 Å². The summed E-state index contributed by atoms with van der Waals surface area (Å²) in [6.07, 6.45) is 0.939. The lowest BCUT2D eigenvalue weighted by Gasteiger charge is -1.98. The molecule has 1 aromatic rings. The van der Waals surface area contributed by atoms with Crippen molar-refractivity contribution < 1.29 is 4.79 Å².